The Morgan fingerprint density at radius 1 is 1.20 bits per heavy atom. The molecule has 0 aliphatic carbocycles. The summed E-state index contributed by atoms with van der Waals surface area (Å²) in [7, 11) is 0. The van der Waals surface area contributed by atoms with Gasteiger partial charge in [-0.15, -0.1) is 0 Å². The van der Waals surface area contributed by atoms with Crippen molar-refractivity contribution in [2.45, 2.75) is 33.8 Å². The van der Waals surface area contributed by atoms with E-state index in [1.165, 1.54) is 0 Å². The third-order valence-corrected chi connectivity index (χ3v) is 2.07. The van der Waals surface area contributed by atoms with E-state index in [0.29, 0.717) is 0 Å². The lowest BCUT2D eigenvalue weighted by molar-refractivity contribution is 0.237. The maximum atomic E-state index is 9.89. The summed E-state index contributed by atoms with van der Waals surface area (Å²) >= 11 is 0. The minimum absolute atomic E-state index is 0.0658. The van der Waals surface area contributed by atoms with E-state index in [1.807, 2.05) is 52.0 Å². The maximum Gasteiger partial charge on any atom is 0.140 e. The summed E-state index contributed by atoms with van der Waals surface area (Å²) in [6.45, 7) is 8.08. The average Bonchev–Trinajstić information content (AvgIpc) is 2.14. The highest BCUT2D eigenvalue weighted by molar-refractivity contribution is 5.32. The fourth-order valence-corrected chi connectivity index (χ4v) is 1.26. The highest BCUT2D eigenvalue weighted by Gasteiger charge is 2.08. The molecule has 0 saturated heterocycles. The Balaban J connectivity index is 2.90. The van der Waals surface area contributed by atoms with Gasteiger partial charge in [-0.1, -0.05) is 36.1 Å². The quantitative estimate of drug-likeness (QED) is 0.694. The number of benzene rings is 1. The smallest absolute Gasteiger partial charge is 0.140 e. The first kappa shape index (κ1) is 11.8. The van der Waals surface area contributed by atoms with Gasteiger partial charge in [-0.05, 0) is 38.8 Å². The molecule has 1 nitrogen and oxygen atoms in total. The van der Waals surface area contributed by atoms with Crippen molar-refractivity contribution < 1.29 is 5.11 Å². The van der Waals surface area contributed by atoms with E-state index in [1.54, 1.807) is 0 Å². The number of aliphatic hydroxyl groups excluding tert-OH is 1. The van der Waals surface area contributed by atoms with Gasteiger partial charge in [0.1, 0.15) is 6.10 Å². The van der Waals surface area contributed by atoms with E-state index in [4.69, 9.17) is 0 Å². The Morgan fingerprint density at radius 2 is 1.80 bits per heavy atom. The number of aliphatic hydroxyl groups is 1. The van der Waals surface area contributed by atoms with Crippen molar-refractivity contribution in [3.63, 3.8) is 0 Å². The lowest BCUT2D eigenvalue weighted by Crippen LogP contribution is -2.02. The van der Waals surface area contributed by atoms with Gasteiger partial charge in [0.05, 0.1) is 0 Å². The van der Waals surface area contributed by atoms with Crippen molar-refractivity contribution in [1.29, 1.82) is 0 Å². The number of rotatable bonds is 1. The molecule has 0 unspecified atom stereocenters. The predicted octanol–water partition coefficient (Wildman–Crippen LogP) is 3.08. The first-order valence-corrected chi connectivity index (χ1v) is 5.16. The fourth-order valence-electron chi connectivity index (χ4n) is 1.26. The van der Waals surface area contributed by atoms with Crippen LogP contribution < -0.4 is 0 Å². The first-order chi connectivity index (χ1) is 6.90. The summed E-state index contributed by atoms with van der Waals surface area (Å²) in [6, 6.07) is 7.78. The summed E-state index contributed by atoms with van der Waals surface area (Å²) in [5.74, 6) is 5.93. The lowest BCUT2D eigenvalue weighted by atomic mass is 9.96. The van der Waals surface area contributed by atoms with Crippen molar-refractivity contribution in [3.05, 3.63) is 35.4 Å². The third kappa shape index (κ3) is 3.77. The summed E-state index contributed by atoms with van der Waals surface area (Å²) in [5, 5.41) is 9.89. The largest absolute Gasteiger partial charge is 0.376 e. The van der Waals surface area contributed by atoms with E-state index in [0.717, 1.165) is 11.1 Å². The zero-order valence-corrected chi connectivity index (χ0v) is 9.83. The second-order valence-electron chi connectivity index (χ2n) is 4.78. The molecule has 0 aromatic heterocycles. The maximum absolute atomic E-state index is 9.89. The van der Waals surface area contributed by atoms with Crippen LogP contribution in [0.25, 0.3) is 0 Å². The van der Waals surface area contributed by atoms with Crippen molar-refractivity contribution in [2.75, 3.05) is 0 Å². The van der Waals surface area contributed by atoms with E-state index in [2.05, 4.69) is 11.8 Å². The van der Waals surface area contributed by atoms with Crippen LogP contribution in [0.15, 0.2) is 24.3 Å². The van der Waals surface area contributed by atoms with Gasteiger partial charge in [-0.25, -0.2) is 0 Å². The van der Waals surface area contributed by atoms with Gasteiger partial charge in [0.15, 0.2) is 0 Å². The molecule has 15 heavy (non-hydrogen) atoms. The molecule has 0 heterocycles. The summed E-state index contributed by atoms with van der Waals surface area (Å²) in [5.41, 5.74) is 1.91. The van der Waals surface area contributed by atoms with Crippen molar-refractivity contribution in [3.8, 4) is 11.8 Å². The highest BCUT2D eigenvalue weighted by Crippen LogP contribution is 2.17. The van der Waals surface area contributed by atoms with Crippen molar-refractivity contribution in [1.82, 2.24) is 0 Å². The summed E-state index contributed by atoms with van der Waals surface area (Å²) in [6.07, 6.45) is -0.676. The molecule has 1 N–H and O–H groups in total. The Hall–Kier alpha value is -1.26. The van der Waals surface area contributed by atoms with Gasteiger partial charge in [0, 0.05) is 5.41 Å². The molecule has 1 rings (SSSR count). The average molecular weight is 202 g/mol. The van der Waals surface area contributed by atoms with Crippen LogP contribution in [0.2, 0.25) is 0 Å². The molecule has 0 saturated carbocycles. The lowest BCUT2D eigenvalue weighted by Gasteiger charge is -2.10. The molecule has 0 amide bonds. The molecule has 0 spiro atoms. The van der Waals surface area contributed by atoms with Gasteiger partial charge in [0.2, 0.25) is 0 Å². The van der Waals surface area contributed by atoms with Gasteiger partial charge in [-0.3, -0.25) is 0 Å². The summed E-state index contributed by atoms with van der Waals surface area (Å²) in [4.78, 5) is 0. The van der Waals surface area contributed by atoms with Crippen LogP contribution in [0.1, 0.15) is 38.0 Å². The molecule has 1 heteroatoms. The molecule has 0 aliphatic rings. The second-order valence-corrected chi connectivity index (χ2v) is 4.78. The van der Waals surface area contributed by atoms with Gasteiger partial charge in [0.25, 0.3) is 0 Å². The van der Waals surface area contributed by atoms with Crippen molar-refractivity contribution in [2.24, 2.45) is 5.41 Å². The normalized spacial score (nSPS) is 12.9. The molecule has 1 atom stereocenters. The zero-order valence-electron chi connectivity index (χ0n) is 9.83. The Kier molecular flexibility index (Phi) is 3.55. The van der Waals surface area contributed by atoms with E-state index < -0.39 is 6.10 Å². The molecular weight excluding hydrogens is 184 g/mol. The number of aryl methyl sites for hydroxylation is 1. The highest BCUT2D eigenvalue weighted by atomic mass is 16.3. The van der Waals surface area contributed by atoms with E-state index >= 15 is 0 Å². The second kappa shape index (κ2) is 4.51. The molecule has 1 aromatic carbocycles. The van der Waals surface area contributed by atoms with E-state index in [9.17, 15) is 5.11 Å². The molecule has 0 radical (unpaired) electrons. The van der Waals surface area contributed by atoms with Gasteiger partial charge >= 0.3 is 0 Å². The molecule has 1 aromatic rings. The fraction of sp³-hybridized carbons (Fsp3) is 0.429. The molecule has 0 fully saturated rings. The van der Waals surface area contributed by atoms with Crippen LogP contribution in [-0.2, 0) is 0 Å². The minimum Gasteiger partial charge on any atom is -0.376 e. The Morgan fingerprint density at radius 3 is 2.33 bits per heavy atom. The van der Waals surface area contributed by atoms with Crippen LogP contribution in [0.3, 0.4) is 0 Å². The van der Waals surface area contributed by atoms with E-state index in [-0.39, 0.29) is 5.41 Å². The van der Waals surface area contributed by atoms with Crippen molar-refractivity contribution >= 4 is 0 Å². The van der Waals surface area contributed by atoms with Crippen LogP contribution in [0.4, 0.5) is 0 Å². The third-order valence-electron chi connectivity index (χ3n) is 2.07. The molecule has 0 bridgehead atoms. The first-order valence-electron chi connectivity index (χ1n) is 5.16. The zero-order chi connectivity index (χ0) is 11.5. The topological polar surface area (TPSA) is 20.2 Å². The monoisotopic (exact) mass is 202 g/mol. The predicted molar refractivity (Wildman–Crippen MR) is 63.4 cm³/mol. The van der Waals surface area contributed by atoms with Gasteiger partial charge in [-0.2, -0.15) is 0 Å². The molecule has 0 aliphatic heterocycles. The minimum atomic E-state index is -0.676. The Bertz CT molecular complexity index is 388. The molecule has 80 valence electrons. The van der Waals surface area contributed by atoms with Crippen LogP contribution in [0.5, 0.6) is 0 Å². The number of hydrogen-bond acceptors (Lipinski definition) is 1. The van der Waals surface area contributed by atoms with Crippen LogP contribution in [0, 0.1) is 24.2 Å². The molecular formula is C14H18O. The SMILES string of the molecule is Cc1ccccc1[C@H](O)C#CC(C)(C)C. The van der Waals surface area contributed by atoms with Crippen LogP contribution in [-0.4, -0.2) is 5.11 Å². The standard InChI is InChI=1S/C14H18O/c1-11-7-5-6-8-12(11)13(15)9-10-14(2,3)4/h5-8,13,15H,1-4H3/t13-/m1/s1. The number of hydrogen-bond donors (Lipinski definition) is 1. The van der Waals surface area contributed by atoms with Crippen LogP contribution >= 0.6 is 0 Å². The summed E-state index contributed by atoms with van der Waals surface area (Å²) < 4.78 is 0. The van der Waals surface area contributed by atoms with Gasteiger partial charge < -0.3 is 5.11 Å². The Labute approximate surface area is 92.1 Å².